The van der Waals surface area contributed by atoms with Crippen molar-refractivity contribution >= 4 is 29.3 Å². The number of carboxylic acids is 1. The van der Waals surface area contributed by atoms with Crippen LogP contribution in [0.3, 0.4) is 0 Å². The zero-order chi connectivity index (χ0) is 28.5. The molecule has 0 heterocycles. The molecule has 1 fully saturated rings. The average Bonchev–Trinajstić information content (AvgIpc) is 2.97. The monoisotopic (exact) mass is 545 g/mol. The number of nitro benzene ring substituents is 1. The Balaban J connectivity index is 1.51. The fourth-order valence-corrected chi connectivity index (χ4v) is 4.74. The van der Waals surface area contributed by atoms with Crippen molar-refractivity contribution in [2.45, 2.75) is 51.0 Å². The normalized spacial score (nSPS) is 13.3. The Hall–Kier alpha value is -4.73. The molecule has 0 aliphatic heterocycles. The lowest BCUT2D eigenvalue weighted by molar-refractivity contribution is -0.384. The van der Waals surface area contributed by atoms with Crippen LogP contribution in [-0.2, 0) is 11.3 Å². The van der Waals surface area contributed by atoms with Gasteiger partial charge in [0.25, 0.3) is 11.6 Å². The van der Waals surface area contributed by atoms with E-state index in [-0.39, 0.29) is 36.9 Å². The van der Waals surface area contributed by atoms with Crippen molar-refractivity contribution in [1.29, 1.82) is 0 Å². The topological polar surface area (TPSA) is 139 Å². The lowest BCUT2D eigenvalue weighted by Crippen LogP contribution is -2.33. The van der Waals surface area contributed by atoms with Crippen molar-refractivity contribution in [1.82, 2.24) is 5.32 Å². The Morgan fingerprint density at radius 1 is 0.925 bits per heavy atom. The summed E-state index contributed by atoms with van der Waals surface area (Å²) in [5.41, 5.74) is 2.86. The highest BCUT2D eigenvalue weighted by Crippen LogP contribution is 2.33. The van der Waals surface area contributed by atoms with Crippen LogP contribution in [0.4, 0.5) is 16.2 Å². The van der Waals surface area contributed by atoms with E-state index in [1.807, 2.05) is 24.3 Å². The Morgan fingerprint density at radius 2 is 1.57 bits per heavy atom. The standard InChI is InChI=1S/C30H31N3O7/c34-28(35)18-19-31-29(36)24-8-6-21(7-9-24)20-32(30(37)40-27-16-14-26(15-17-27)33(38)39)25-12-10-23(11-13-25)22-4-2-1-3-5-22/h6-17,22H,1-5,18-20H2,(H,31,36)(H,34,35). The second-order valence-corrected chi connectivity index (χ2v) is 9.73. The van der Waals surface area contributed by atoms with Crippen molar-refractivity contribution in [2.75, 3.05) is 11.4 Å². The number of nitrogens with zero attached hydrogens (tertiary/aromatic N) is 2. The number of carbonyl (C=O) groups excluding carboxylic acids is 2. The quantitative estimate of drug-likeness (QED) is 0.233. The van der Waals surface area contributed by atoms with Crippen LogP contribution in [0.2, 0.25) is 0 Å². The smallest absolute Gasteiger partial charge is 0.420 e. The number of aliphatic carboxylic acids is 1. The minimum atomic E-state index is -0.997. The van der Waals surface area contributed by atoms with Crippen molar-refractivity contribution in [3.8, 4) is 5.75 Å². The molecule has 1 aliphatic carbocycles. The van der Waals surface area contributed by atoms with Crippen molar-refractivity contribution in [3.05, 3.63) is 99.6 Å². The fourth-order valence-electron chi connectivity index (χ4n) is 4.74. The third kappa shape index (κ3) is 7.66. The van der Waals surface area contributed by atoms with Gasteiger partial charge in [-0.2, -0.15) is 0 Å². The van der Waals surface area contributed by atoms with Crippen LogP contribution in [0.15, 0.2) is 72.8 Å². The highest BCUT2D eigenvalue weighted by atomic mass is 16.6. The predicted octanol–water partition coefficient (Wildman–Crippen LogP) is 6.05. The number of rotatable bonds is 10. The highest BCUT2D eigenvalue weighted by molar-refractivity contribution is 5.94. The second kappa shape index (κ2) is 13.4. The minimum Gasteiger partial charge on any atom is -0.481 e. The van der Waals surface area contributed by atoms with Gasteiger partial charge in [0.15, 0.2) is 0 Å². The molecule has 10 heteroatoms. The maximum absolute atomic E-state index is 13.3. The van der Waals surface area contributed by atoms with Gasteiger partial charge >= 0.3 is 12.1 Å². The van der Waals surface area contributed by atoms with Crippen LogP contribution < -0.4 is 15.0 Å². The van der Waals surface area contributed by atoms with Crippen molar-refractivity contribution in [3.63, 3.8) is 0 Å². The molecule has 2 N–H and O–H groups in total. The second-order valence-electron chi connectivity index (χ2n) is 9.73. The third-order valence-corrected chi connectivity index (χ3v) is 6.94. The molecular weight excluding hydrogens is 514 g/mol. The molecule has 0 bridgehead atoms. The van der Waals surface area contributed by atoms with E-state index < -0.39 is 17.0 Å². The van der Waals surface area contributed by atoms with E-state index in [0.29, 0.717) is 17.2 Å². The first-order valence-corrected chi connectivity index (χ1v) is 13.2. The molecule has 208 valence electrons. The van der Waals surface area contributed by atoms with Crippen LogP contribution in [0.5, 0.6) is 5.75 Å². The molecule has 0 radical (unpaired) electrons. The van der Waals surface area contributed by atoms with E-state index in [9.17, 15) is 24.5 Å². The number of amides is 2. The Bertz CT molecular complexity index is 1330. The zero-order valence-corrected chi connectivity index (χ0v) is 22.0. The highest BCUT2D eigenvalue weighted by Gasteiger charge is 2.21. The third-order valence-electron chi connectivity index (χ3n) is 6.94. The average molecular weight is 546 g/mol. The molecular formula is C30H31N3O7. The molecule has 10 nitrogen and oxygen atoms in total. The summed E-state index contributed by atoms with van der Waals surface area (Å²) in [7, 11) is 0. The van der Waals surface area contributed by atoms with Gasteiger partial charge in [0, 0.05) is 29.9 Å². The number of carbonyl (C=O) groups is 3. The number of non-ortho nitro benzene ring substituents is 1. The molecule has 0 atom stereocenters. The first-order valence-electron chi connectivity index (χ1n) is 13.2. The van der Waals surface area contributed by atoms with Gasteiger partial charge in [-0.05, 0) is 66.3 Å². The molecule has 2 amide bonds. The predicted molar refractivity (Wildman–Crippen MR) is 149 cm³/mol. The Kier molecular flexibility index (Phi) is 9.45. The Labute approximate surface area is 231 Å². The number of nitro groups is 1. The Morgan fingerprint density at radius 3 is 2.17 bits per heavy atom. The molecule has 0 spiro atoms. The number of hydrogen-bond donors (Lipinski definition) is 2. The summed E-state index contributed by atoms with van der Waals surface area (Å²) < 4.78 is 5.56. The number of ether oxygens (including phenoxy) is 1. The van der Waals surface area contributed by atoms with E-state index in [1.54, 1.807) is 24.3 Å². The lowest BCUT2D eigenvalue weighted by atomic mass is 9.84. The van der Waals surface area contributed by atoms with Gasteiger partial charge in [0.1, 0.15) is 5.75 Å². The van der Waals surface area contributed by atoms with E-state index in [4.69, 9.17) is 9.84 Å². The van der Waals surface area contributed by atoms with Gasteiger partial charge in [0.2, 0.25) is 0 Å². The summed E-state index contributed by atoms with van der Waals surface area (Å²) in [6.07, 6.45) is 5.17. The van der Waals surface area contributed by atoms with Crippen molar-refractivity contribution in [2.24, 2.45) is 0 Å². The van der Waals surface area contributed by atoms with Gasteiger partial charge < -0.3 is 15.2 Å². The molecule has 1 aliphatic rings. The van der Waals surface area contributed by atoms with Gasteiger partial charge in [-0.15, -0.1) is 0 Å². The summed E-state index contributed by atoms with van der Waals surface area (Å²) in [5, 5.41) is 22.3. The lowest BCUT2D eigenvalue weighted by Gasteiger charge is -2.25. The SMILES string of the molecule is O=C(O)CCNC(=O)c1ccc(CN(C(=O)Oc2ccc([N+](=O)[O-])cc2)c2ccc(C3CCCCC3)cc2)cc1. The zero-order valence-electron chi connectivity index (χ0n) is 22.0. The van der Waals surface area contributed by atoms with Crippen molar-refractivity contribution < 1.29 is 29.2 Å². The van der Waals surface area contributed by atoms with Crippen LogP contribution in [0, 0.1) is 10.1 Å². The number of hydrogen-bond acceptors (Lipinski definition) is 6. The fraction of sp³-hybridized carbons (Fsp3) is 0.300. The number of carboxylic acid groups (broad SMARTS) is 1. The van der Waals surface area contributed by atoms with Gasteiger partial charge in [-0.3, -0.25) is 24.6 Å². The first-order chi connectivity index (χ1) is 19.3. The minimum absolute atomic E-state index is 0.0228. The van der Waals surface area contributed by atoms with Crippen LogP contribution in [0.1, 0.15) is 65.9 Å². The number of benzene rings is 3. The molecule has 3 aromatic rings. The summed E-state index contributed by atoms with van der Waals surface area (Å²) in [6, 6.07) is 19.8. The molecule has 1 saturated carbocycles. The van der Waals surface area contributed by atoms with E-state index in [2.05, 4.69) is 5.32 Å². The largest absolute Gasteiger partial charge is 0.481 e. The molecule has 0 unspecified atom stereocenters. The van der Waals surface area contributed by atoms with Crippen LogP contribution in [0.25, 0.3) is 0 Å². The molecule has 3 aromatic carbocycles. The van der Waals surface area contributed by atoms with E-state index in [1.165, 1.54) is 54.0 Å². The first kappa shape index (κ1) is 28.3. The number of nitrogens with one attached hydrogen (secondary N) is 1. The maximum atomic E-state index is 13.3. The summed E-state index contributed by atoms with van der Waals surface area (Å²) in [6.45, 7) is 0.171. The van der Waals surface area contributed by atoms with Gasteiger partial charge in [-0.1, -0.05) is 43.5 Å². The summed E-state index contributed by atoms with van der Waals surface area (Å²) in [5.74, 6) is -0.700. The molecule has 4 rings (SSSR count). The van der Waals surface area contributed by atoms with Crippen LogP contribution in [-0.4, -0.2) is 34.5 Å². The molecule has 40 heavy (non-hydrogen) atoms. The van der Waals surface area contributed by atoms with Gasteiger partial charge in [0.05, 0.1) is 17.9 Å². The van der Waals surface area contributed by atoms with Gasteiger partial charge in [-0.25, -0.2) is 4.79 Å². The number of anilines is 1. The van der Waals surface area contributed by atoms with Crippen LogP contribution >= 0.6 is 0 Å². The molecule has 0 aromatic heterocycles. The summed E-state index contributed by atoms with van der Waals surface area (Å²) >= 11 is 0. The maximum Gasteiger partial charge on any atom is 0.420 e. The van der Waals surface area contributed by atoms with E-state index >= 15 is 0 Å². The molecule has 0 saturated heterocycles. The van der Waals surface area contributed by atoms with E-state index in [0.717, 1.165) is 18.4 Å². The summed E-state index contributed by atoms with van der Waals surface area (Å²) in [4.78, 5) is 48.2.